The van der Waals surface area contributed by atoms with Crippen molar-refractivity contribution in [1.29, 1.82) is 0 Å². The predicted molar refractivity (Wildman–Crippen MR) is 79.3 cm³/mol. The maximum absolute atomic E-state index is 13.0. The molecule has 0 bridgehead atoms. The van der Waals surface area contributed by atoms with Crippen molar-refractivity contribution in [3.8, 4) is 0 Å². The molecule has 0 aliphatic heterocycles. The minimum Gasteiger partial charge on any atom is -0.381 e. The first kappa shape index (κ1) is 15.4. The van der Waals surface area contributed by atoms with E-state index in [-0.39, 0.29) is 12.1 Å². The molecule has 0 radical (unpaired) electrons. The van der Waals surface area contributed by atoms with Gasteiger partial charge in [0.2, 0.25) is 0 Å². The average Bonchev–Trinajstić information content (AvgIpc) is 2.44. The van der Waals surface area contributed by atoms with Crippen LogP contribution in [0.25, 0.3) is 0 Å². The van der Waals surface area contributed by atoms with Gasteiger partial charge in [-0.05, 0) is 29.2 Å². The van der Waals surface area contributed by atoms with Gasteiger partial charge in [-0.2, -0.15) is 13.2 Å². The molecule has 2 rings (SSSR count). The van der Waals surface area contributed by atoms with Gasteiger partial charge in [0.15, 0.2) is 0 Å². The van der Waals surface area contributed by atoms with Crippen LogP contribution in [0.15, 0.2) is 48.5 Å². The van der Waals surface area contributed by atoms with Gasteiger partial charge in [-0.15, -0.1) is 0 Å². The number of rotatable bonds is 4. The van der Waals surface area contributed by atoms with Crippen molar-refractivity contribution in [2.75, 3.05) is 5.32 Å². The van der Waals surface area contributed by atoms with Crippen molar-refractivity contribution in [3.05, 3.63) is 65.2 Å². The second kappa shape index (κ2) is 6.20. The standard InChI is InChI=1S/C17H18F3N/c1-12(2)14-8-4-6-10-16(14)21-11-13-7-3-5-9-15(13)17(18,19)20/h3-10,12,21H,11H2,1-2H3. The number of para-hydroxylation sites is 1. The third-order valence-electron chi connectivity index (χ3n) is 3.37. The number of alkyl halides is 3. The first-order valence-electron chi connectivity index (χ1n) is 6.87. The van der Waals surface area contributed by atoms with Crippen LogP contribution in [0, 0.1) is 0 Å². The molecule has 0 heterocycles. The monoisotopic (exact) mass is 293 g/mol. The number of benzene rings is 2. The molecule has 0 fully saturated rings. The lowest BCUT2D eigenvalue weighted by molar-refractivity contribution is -0.138. The Morgan fingerprint density at radius 2 is 1.57 bits per heavy atom. The Bertz CT molecular complexity index is 603. The van der Waals surface area contributed by atoms with Crippen molar-refractivity contribution in [3.63, 3.8) is 0 Å². The maximum Gasteiger partial charge on any atom is 0.416 e. The number of nitrogens with one attached hydrogen (secondary N) is 1. The van der Waals surface area contributed by atoms with Gasteiger partial charge >= 0.3 is 6.18 Å². The molecule has 1 N–H and O–H groups in total. The van der Waals surface area contributed by atoms with Gasteiger partial charge in [0, 0.05) is 12.2 Å². The summed E-state index contributed by atoms with van der Waals surface area (Å²) in [4.78, 5) is 0. The van der Waals surface area contributed by atoms with E-state index >= 15 is 0 Å². The summed E-state index contributed by atoms with van der Waals surface area (Å²) < 4.78 is 38.9. The quantitative estimate of drug-likeness (QED) is 0.791. The van der Waals surface area contributed by atoms with E-state index in [1.165, 1.54) is 12.1 Å². The minimum absolute atomic E-state index is 0.152. The summed E-state index contributed by atoms with van der Waals surface area (Å²) in [6, 6.07) is 13.4. The van der Waals surface area contributed by atoms with Crippen LogP contribution in [0.5, 0.6) is 0 Å². The molecule has 4 heteroatoms. The lowest BCUT2D eigenvalue weighted by Crippen LogP contribution is -2.12. The molecule has 0 saturated carbocycles. The molecule has 2 aromatic carbocycles. The van der Waals surface area contributed by atoms with E-state index in [0.717, 1.165) is 17.3 Å². The van der Waals surface area contributed by atoms with Gasteiger partial charge < -0.3 is 5.32 Å². The fourth-order valence-electron chi connectivity index (χ4n) is 2.30. The van der Waals surface area contributed by atoms with Crippen molar-refractivity contribution in [2.45, 2.75) is 32.5 Å². The number of hydrogen-bond acceptors (Lipinski definition) is 1. The fraction of sp³-hybridized carbons (Fsp3) is 0.294. The number of hydrogen-bond donors (Lipinski definition) is 1. The lowest BCUT2D eigenvalue weighted by Gasteiger charge is -2.17. The van der Waals surface area contributed by atoms with E-state index in [2.05, 4.69) is 19.2 Å². The minimum atomic E-state index is -4.32. The second-order valence-electron chi connectivity index (χ2n) is 5.25. The molecule has 0 amide bonds. The molecule has 0 aliphatic rings. The smallest absolute Gasteiger partial charge is 0.381 e. The highest BCUT2D eigenvalue weighted by Gasteiger charge is 2.32. The Labute approximate surface area is 122 Å². The van der Waals surface area contributed by atoms with Crippen molar-refractivity contribution >= 4 is 5.69 Å². The van der Waals surface area contributed by atoms with Crippen LogP contribution in [0.4, 0.5) is 18.9 Å². The highest BCUT2D eigenvalue weighted by molar-refractivity contribution is 5.53. The Morgan fingerprint density at radius 3 is 2.24 bits per heavy atom. The summed E-state index contributed by atoms with van der Waals surface area (Å²) in [5.74, 6) is 0.312. The van der Waals surface area contributed by atoms with Crippen LogP contribution in [-0.2, 0) is 12.7 Å². The molecule has 112 valence electrons. The molecule has 0 aliphatic carbocycles. The first-order valence-corrected chi connectivity index (χ1v) is 6.87. The van der Waals surface area contributed by atoms with Gasteiger partial charge in [-0.25, -0.2) is 0 Å². The Kier molecular flexibility index (Phi) is 4.56. The van der Waals surface area contributed by atoms with Crippen molar-refractivity contribution in [1.82, 2.24) is 0 Å². The summed E-state index contributed by atoms with van der Waals surface area (Å²) >= 11 is 0. The number of halogens is 3. The molecule has 2 aromatic rings. The van der Waals surface area contributed by atoms with Crippen LogP contribution >= 0.6 is 0 Å². The van der Waals surface area contributed by atoms with Gasteiger partial charge in [0.25, 0.3) is 0 Å². The van der Waals surface area contributed by atoms with Crippen molar-refractivity contribution in [2.24, 2.45) is 0 Å². The normalized spacial score (nSPS) is 11.7. The third kappa shape index (κ3) is 3.78. The van der Waals surface area contributed by atoms with Gasteiger partial charge in [0.05, 0.1) is 5.56 Å². The van der Waals surface area contributed by atoms with Gasteiger partial charge in [-0.3, -0.25) is 0 Å². The summed E-state index contributed by atoms with van der Waals surface area (Å²) in [5.41, 5.74) is 1.65. The summed E-state index contributed by atoms with van der Waals surface area (Å²) in [7, 11) is 0. The van der Waals surface area contributed by atoms with Crippen molar-refractivity contribution < 1.29 is 13.2 Å². The topological polar surface area (TPSA) is 12.0 Å². The zero-order valence-corrected chi connectivity index (χ0v) is 12.0. The van der Waals surface area contributed by atoms with Crippen LogP contribution in [0.2, 0.25) is 0 Å². The molecule has 0 aromatic heterocycles. The lowest BCUT2D eigenvalue weighted by atomic mass is 10.0. The molecule has 0 unspecified atom stereocenters. The average molecular weight is 293 g/mol. The summed E-state index contributed by atoms with van der Waals surface area (Å²) in [6.07, 6.45) is -4.32. The van der Waals surface area contributed by atoms with Crippen LogP contribution in [0.1, 0.15) is 36.5 Å². The molecular weight excluding hydrogens is 275 g/mol. The Balaban J connectivity index is 2.22. The molecule has 0 spiro atoms. The van der Waals surface area contributed by atoms with E-state index in [1.54, 1.807) is 6.07 Å². The second-order valence-corrected chi connectivity index (χ2v) is 5.25. The van der Waals surface area contributed by atoms with Gasteiger partial charge in [0.1, 0.15) is 0 Å². The first-order chi connectivity index (χ1) is 9.89. The SMILES string of the molecule is CC(C)c1ccccc1NCc1ccccc1C(F)(F)F. The predicted octanol–water partition coefficient (Wildman–Crippen LogP) is 5.44. The molecule has 0 saturated heterocycles. The summed E-state index contributed by atoms with van der Waals surface area (Å²) in [5, 5.41) is 3.12. The van der Waals surface area contributed by atoms with Crippen LogP contribution in [-0.4, -0.2) is 0 Å². The fourth-order valence-corrected chi connectivity index (χ4v) is 2.30. The Hall–Kier alpha value is -1.97. The van der Waals surface area contributed by atoms with E-state index < -0.39 is 11.7 Å². The largest absolute Gasteiger partial charge is 0.416 e. The Morgan fingerprint density at radius 1 is 0.952 bits per heavy atom. The molecule has 1 nitrogen and oxygen atoms in total. The molecule has 0 atom stereocenters. The zero-order chi connectivity index (χ0) is 15.5. The maximum atomic E-state index is 13.0. The summed E-state index contributed by atoms with van der Waals surface area (Å²) in [6.45, 7) is 4.27. The van der Waals surface area contributed by atoms with Crippen LogP contribution < -0.4 is 5.32 Å². The zero-order valence-electron chi connectivity index (χ0n) is 12.0. The van der Waals surface area contributed by atoms with E-state index in [0.29, 0.717) is 5.92 Å². The van der Waals surface area contributed by atoms with Gasteiger partial charge in [-0.1, -0.05) is 50.2 Å². The van der Waals surface area contributed by atoms with Crippen LogP contribution in [0.3, 0.4) is 0 Å². The highest BCUT2D eigenvalue weighted by Crippen LogP contribution is 2.32. The molecule has 21 heavy (non-hydrogen) atoms. The van der Waals surface area contributed by atoms with E-state index in [9.17, 15) is 13.2 Å². The van der Waals surface area contributed by atoms with E-state index in [4.69, 9.17) is 0 Å². The number of anilines is 1. The third-order valence-corrected chi connectivity index (χ3v) is 3.37. The molecular formula is C17H18F3N. The highest BCUT2D eigenvalue weighted by atomic mass is 19.4. The van der Waals surface area contributed by atoms with E-state index in [1.807, 2.05) is 24.3 Å².